The molecule has 0 spiro atoms. The lowest BCUT2D eigenvalue weighted by Crippen LogP contribution is -2.48. The van der Waals surface area contributed by atoms with Crippen molar-refractivity contribution in [2.24, 2.45) is 5.92 Å². The van der Waals surface area contributed by atoms with E-state index in [9.17, 15) is 4.79 Å². The summed E-state index contributed by atoms with van der Waals surface area (Å²) in [5.74, 6) is 1.06. The highest BCUT2D eigenvalue weighted by Gasteiger charge is 2.25. The van der Waals surface area contributed by atoms with E-state index in [1.165, 1.54) is 38.8 Å². The highest BCUT2D eigenvalue weighted by Crippen LogP contribution is 2.27. The van der Waals surface area contributed by atoms with Gasteiger partial charge in [-0.25, -0.2) is 0 Å². The third kappa shape index (κ3) is 3.20. The van der Waals surface area contributed by atoms with Crippen LogP contribution in [0.1, 0.15) is 39.0 Å². The van der Waals surface area contributed by atoms with E-state index in [-0.39, 0.29) is 5.91 Å². The molecule has 0 aromatic rings. The van der Waals surface area contributed by atoms with E-state index in [1.54, 1.807) is 6.92 Å². The Bertz CT molecular complexity index is 226. The first-order valence-corrected chi connectivity index (χ1v) is 6.23. The molecule has 3 heteroatoms. The first-order chi connectivity index (χ1) is 7.24. The zero-order valence-electron chi connectivity index (χ0n) is 9.67. The van der Waals surface area contributed by atoms with Gasteiger partial charge in [0.15, 0.2) is 0 Å². The molecule has 3 nitrogen and oxygen atoms in total. The molecule has 1 atom stereocenters. The van der Waals surface area contributed by atoms with Crippen molar-refractivity contribution in [3.05, 3.63) is 0 Å². The van der Waals surface area contributed by atoms with Crippen LogP contribution in [0.25, 0.3) is 0 Å². The van der Waals surface area contributed by atoms with Gasteiger partial charge in [0, 0.05) is 26.1 Å². The lowest BCUT2D eigenvalue weighted by atomic mass is 9.84. The van der Waals surface area contributed by atoms with Gasteiger partial charge >= 0.3 is 0 Å². The number of rotatable bonds is 3. The van der Waals surface area contributed by atoms with Crippen molar-refractivity contribution in [1.29, 1.82) is 0 Å². The molecular formula is C12H22N2O. The minimum atomic E-state index is 0.116. The molecule has 1 unspecified atom stereocenters. The summed E-state index contributed by atoms with van der Waals surface area (Å²) in [6.07, 6.45) is 6.65. The zero-order chi connectivity index (χ0) is 10.7. The average molecular weight is 210 g/mol. The van der Waals surface area contributed by atoms with Crippen molar-refractivity contribution < 1.29 is 4.79 Å². The minimum absolute atomic E-state index is 0.116. The van der Waals surface area contributed by atoms with Crippen LogP contribution in [0.3, 0.4) is 0 Å². The first kappa shape index (κ1) is 10.9. The molecule has 0 bridgehead atoms. The summed E-state index contributed by atoms with van der Waals surface area (Å²) in [6.45, 7) is 5.17. The number of carbonyl (C=O) groups excluding carboxylic acids is 1. The summed E-state index contributed by atoms with van der Waals surface area (Å²) < 4.78 is 0. The van der Waals surface area contributed by atoms with Gasteiger partial charge in [-0.15, -0.1) is 0 Å². The molecule has 1 amide bonds. The molecule has 15 heavy (non-hydrogen) atoms. The summed E-state index contributed by atoms with van der Waals surface area (Å²) in [4.78, 5) is 13.5. The first-order valence-electron chi connectivity index (χ1n) is 6.23. The molecule has 0 aromatic carbocycles. The van der Waals surface area contributed by atoms with Gasteiger partial charge in [-0.05, 0) is 38.1 Å². The van der Waals surface area contributed by atoms with Crippen LogP contribution in [0.15, 0.2) is 0 Å². The van der Waals surface area contributed by atoms with Gasteiger partial charge in [0.2, 0.25) is 5.91 Å². The number of piperidine rings is 1. The lowest BCUT2D eigenvalue weighted by molar-refractivity contribution is -0.120. The molecule has 2 fully saturated rings. The number of likely N-dealkylation sites (tertiary alicyclic amines) is 1. The maximum Gasteiger partial charge on any atom is 0.217 e. The fourth-order valence-electron chi connectivity index (χ4n) is 2.67. The Kier molecular flexibility index (Phi) is 3.62. The third-order valence-electron chi connectivity index (χ3n) is 3.65. The van der Waals surface area contributed by atoms with Gasteiger partial charge in [0.05, 0.1) is 0 Å². The Morgan fingerprint density at radius 2 is 2.13 bits per heavy atom. The van der Waals surface area contributed by atoms with Crippen LogP contribution in [0.2, 0.25) is 0 Å². The average Bonchev–Trinajstić information content (AvgIpc) is 2.11. The van der Waals surface area contributed by atoms with Crippen molar-refractivity contribution in [1.82, 2.24) is 10.2 Å². The molecular weight excluding hydrogens is 188 g/mol. The van der Waals surface area contributed by atoms with Gasteiger partial charge in [-0.1, -0.05) is 6.42 Å². The smallest absolute Gasteiger partial charge is 0.217 e. The number of nitrogens with one attached hydrogen (secondary N) is 1. The van der Waals surface area contributed by atoms with E-state index in [4.69, 9.17) is 0 Å². The van der Waals surface area contributed by atoms with Crippen molar-refractivity contribution >= 4 is 5.91 Å². The number of amides is 1. The molecule has 1 saturated heterocycles. The molecule has 2 aliphatic rings. The van der Waals surface area contributed by atoms with E-state index in [2.05, 4.69) is 10.2 Å². The Hall–Kier alpha value is -0.570. The van der Waals surface area contributed by atoms with Crippen molar-refractivity contribution in [2.75, 3.05) is 19.6 Å². The predicted octanol–water partition coefficient (Wildman–Crippen LogP) is 1.39. The van der Waals surface area contributed by atoms with E-state index in [1.807, 2.05) is 0 Å². The van der Waals surface area contributed by atoms with Crippen LogP contribution in [0.4, 0.5) is 0 Å². The van der Waals surface area contributed by atoms with E-state index < -0.39 is 0 Å². The fourth-order valence-corrected chi connectivity index (χ4v) is 2.67. The number of hydrogen-bond donors (Lipinski definition) is 1. The minimum Gasteiger partial charge on any atom is -0.352 e. The highest BCUT2D eigenvalue weighted by atomic mass is 16.1. The number of nitrogens with zero attached hydrogens (tertiary/aromatic N) is 1. The Balaban J connectivity index is 1.73. The molecule has 0 aromatic heterocycles. The monoisotopic (exact) mass is 210 g/mol. The quantitative estimate of drug-likeness (QED) is 0.763. The molecule has 2 rings (SSSR count). The van der Waals surface area contributed by atoms with Crippen LogP contribution in [-0.4, -0.2) is 36.5 Å². The van der Waals surface area contributed by atoms with Gasteiger partial charge in [0.25, 0.3) is 0 Å². The summed E-state index contributed by atoms with van der Waals surface area (Å²) in [5.41, 5.74) is 0. The van der Waals surface area contributed by atoms with Crippen molar-refractivity contribution in [3.63, 3.8) is 0 Å². The van der Waals surface area contributed by atoms with Gasteiger partial charge in [-0.2, -0.15) is 0 Å². The Morgan fingerprint density at radius 3 is 2.73 bits per heavy atom. The third-order valence-corrected chi connectivity index (χ3v) is 3.65. The number of hydrogen-bond acceptors (Lipinski definition) is 2. The molecule has 1 N–H and O–H groups in total. The molecule has 0 radical (unpaired) electrons. The summed E-state index contributed by atoms with van der Waals surface area (Å²) >= 11 is 0. The molecule has 1 saturated carbocycles. The van der Waals surface area contributed by atoms with E-state index in [0.717, 1.165) is 18.9 Å². The highest BCUT2D eigenvalue weighted by molar-refractivity contribution is 5.73. The second-order valence-electron chi connectivity index (χ2n) is 5.10. The largest absolute Gasteiger partial charge is 0.352 e. The maximum absolute atomic E-state index is 11.0. The van der Waals surface area contributed by atoms with Crippen LogP contribution >= 0.6 is 0 Å². The second-order valence-corrected chi connectivity index (χ2v) is 5.10. The van der Waals surface area contributed by atoms with Crippen LogP contribution in [-0.2, 0) is 4.79 Å². The zero-order valence-corrected chi connectivity index (χ0v) is 9.67. The second kappa shape index (κ2) is 4.97. The van der Waals surface area contributed by atoms with E-state index in [0.29, 0.717) is 6.04 Å². The molecule has 1 heterocycles. The molecule has 1 aliphatic heterocycles. The van der Waals surface area contributed by atoms with Crippen molar-refractivity contribution in [2.45, 2.75) is 45.1 Å². The predicted molar refractivity (Wildman–Crippen MR) is 60.6 cm³/mol. The van der Waals surface area contributed by atoms with Crippen molar-refractivity contribution in [3.8, 4) is 0 Å². The fraction of sp³-hybridized carbons (Fsp3) is 0.917. The van der Waals surface area contributed by atoms with Gasteiger partial charge in [-0.3, -0.25) is 4.79 Å². The summed E-state index contributed by atoms with van der Waals surface area (Å²) in [5, 5.41) is 3.04. The van der Waals surface area contributed by atoms with E-state index >= 15 is 0 Å². The van der Waals surface area contributed by atoms with Crippen LogP contribution in [0.5, 0.6) is 0 Å². The standard InChI is InChI=1S/C12H22N2O/c1-10(15)13-12-6-3-7-14(9-12)8-11-4-2-5-11/h11-12H,2-9H2,1H3,(H,13,15). The Labute approximate surface area is 92.2 Å². The van der Waals surface area contributed by atoms with Gasteiger partial charge < -0.3 is 10.2 Å². The maximum atomic E-state index is 11.0. The normalized spacial score (nSPS) is 28.5. The van der Waals surface area contributed by atoms with Gasteiger partial charge in [0.1, 0.15) is 0 Å². The number of carbonyl (C=O) groups is 1. The molecule has 86 valence electrons. The van der Waals surface area contributed by atoms with Crippen LogP contribution in [0, 0.1) is 5.92 Å². The Morgan fingerprint density at radius 1 is 1.33 bits per heavy atom. The summed E-state index contributed by atoms with van der Waals surface area (Å²) in [7, 11) is 0. The topological polar surface area (TPSA) is 32.3 Å². The van der Waals surface area contributed by atoms with Crippen LogP contribution < -0.4 is 5.32 Å². The summed E-state index contributed by atoms with van der Waals surface area (Å²) in [6, 6.07) is 0.399. The molecule has 1 aliphatic carbocycles. The lowest BCUT2D eigenvalue weighted by Gasteiger charge is -2.37. The SMILES string of the molecule is CC(=O)NC1CCCN(CC2CCC2)C1.